The fourth-order valence-corrected chi connectivity index (χ4v) is 11.8. The van der Waals surface area contributed by atoms with Gasteiger partial charge in [0.25, 0.3) is 0 Å². The molecule has 11 aromatic carbocycles. The Morgan fingerprint density at radius 2 is 0.750 bits per heavy atom. The number of hydrogen-bond acceptors (Lipinski definition) is 2. The molecule has 1 heterocycles. The predicted molar refractivity (Wildman–Crippen MR) is 284 cm³/mol. The zero-order valence-electron chi connectivity index (χ0n) is 37.2. The number of rotatable bonds is 7. The molecule has 0 bridgehead atoms. The molecule has 0 saturated carbocycles. The van der Waals surface area contributed by atoms with Gasteiger partial charge >= 0.3 is 0 Å². The van der Waals surface area contributed by atoms with Crippen LogP contribution in [0.1, 0.15) is 22.3 Å². The van der Waals surface area contributed by atoms with Gasteiger partial charge in [0.2, 0.25) is 0 Å². The van der Waals surface area contributed by atoms with Crippen molar-refractivity contribution in [3.05, 3.63) is 283 Å². The molecule has 0 amide bonds. The van der Waals surface area contributed by atoms with Gasteiger partial charge in [-0.3, -0.25) is 0 Å². The van der Waals surface area contributed by atoms with Crippen LogP contribution < -0.4 is 9.80 Å². The summed E-state index contributed by atoms with van der Waals surface area (Å²) in [7, 11) is 0. The molecule has 3 heteroatoms. The average molecular weight is 866 g/mol. The van der Waals surface area contributed by atoms with Crippen molar-refractivity contribution < 1.29 is 0 Å². The largest absolute Gasteiger partial charge is 0.309 e. The molecule has 3 nitrogen and oxygen atoms in total. The summed E-state index contributed by atoms with van der Waals surface area (Å²) in [5.74, 6) is 0. The van der Waals surface area contributed by atoms with Gasteiger partial charge in [-0.15, -0.1) is 0 Å². The van der Waals surface area contributed by atoms with Crippen molar-refractivity contribution >= 4 is 66.7 Å². The van der Waals surface area contributed by atoms with E-state index in [4.69, 9.17) is 0 Å². The maximum Gasteiger partial charge on any atom is 0.0726 e. The van der Waals surface area contributed by atoms with E-state index in [-0.39, 0.29) is 0 Å². The molecule has 0 radical (unpaired) electrons. The monoisotopic (exact) mass is 865 g/mol. The first-order chi connectivity index (χ1) is 33.8. The molecule has 2 aliphatic carbocycles. The Kier molecular flexibility index (Phi) is 8.50. The van der Waals surface area contributed by atoms with Gasteiger partial charge in [-0.05, 0) is 140 Å². The quantitative estimate of drug-likeness (QED) is 0.158. The molecule has 68 heavy (non-hydrogen) atoms. The van der Waals surface area contributed by atoms with Crippen molar-refractivity contribution in [2.45, 2.75) is 5.41 Å². The maximum absolute atomic E-state index is 2.54. The van der Waals surface area contributed by atoms with E-state index in [0.29, 0.717) is 0 Å². The molecule has 0 aliphatic heterocycles. The van der Waals surface area contributed by atoms with Crippen LogP contribution in [0.2, 0.25) is 0 Å². The zero-order chi connectivity index (χ0) is 44.8. The van der Waals surface area contributed by atoms with Crippen LogP contribution in [0.5, 0.6) is 0 Å². The van der Waals surface area contributed by atoms with E-state index >= 15 is 0 Å². The third-order valence-corrected chi connectivity index (χ3v) is 14.5. The van der Waals surface area contributed by atoms with Gasteiger partial charge in [0.1, 0.15) is 0 Å². The fraction of sp³-hybridized carbons (Fsp3) is 0.0154. The Bertz CT molecular complexity index is 3840. The number of hydrogen-bond donors (Lipinski definition) is 0. The van der Waals surface area contributed by atoms with Gasteiger partial charge in [-0.1, -0.05) is 176 Å². The van der Waals surface area contributed by atoms with E-state index in [1.165, 1.54) is 77.1 Å². The summed E-state index contributed by atoms with van der Waals surface area (Å²) in [6, 6.07) is 96.3. The van der Waals surface area contributed by atoms with Crippen LogP contribution in [0.3, 0.4) is 0 Å². The maximum atomic E-state index is 2.54. The van der Waals surface area contributed by atoms with Gasteiger partial charge in [-0.2, -0.15) is 0 Å². The molecule has 0 fully saturated rings. The molecule has 1 spiro atoms. The number of para-hydroxylation sites is 4. The number of aromatic nitrogens is 1. The van der Waals surface area contributed by atoms with Crippen molar-refractivity contribution in [2.75, 3.05) is 9.80 Å². The van der Waals surface area contributed by atoms with Crippen molar-refractivity contribution in [3.8, 4) is 27.9 Å². The van der Waals surface area contributed by atoms with Gasteiger partial charge in [0.15, 0.2) is 0 Å². The molecule has 2 aliphatic rings. The summed E-state index contributed by atoms with van der Waals surface area (Å²) in [6.07, 6.45) is 0. The molecule has 0 unspecified atom stereocenters. The molecular formula is C65H43N3. The highest BCUT2D eigenvalue weighted by Crippen LogP contribution is 2.64. The first kappa shape index (κ1) is 38.4. The number of fused-ring (bicyclic) bond motifs is 14. The van der Waals surface area contributed by atoms with Gasteiger partial charge in [-0.25, -0.2) is 0 Å². The second-order valence-electron chi connectivity index (χ2n) is 18.0. The van der Waals surface area contributed by atoms with Crippen LogP contribution in [0.4, 0.5) is 34.1 Å². The summed E-state index contributed by atoms with van der Waals surface area (Å²) < 4.78 is 2.40. The van der Waals surface area contributed by atoms with Crippen molar-refractivity contribution in [3.63, 3.8) is 0 Å². The smallest absolute Gasteiger partial charge is 0.0726 e. The number of anilines is 6. The zero-order valence-corrected chi connectivity index (χ0v) is 37.2. The highest BCUT2D eigenvalue weighted by Gasteiger charge is 2.52. The Labute approximate surface area is 395 Å². The highest BCUT2D eigenvalue weighted by atomic mass is 15.2. The van der Waals surface area contributed by atoms with E-state index in [1.54, 1.807) is 0 Å². The summed E-state index contributed by atoms with van der Waals surface area (Å²) in [6.45, 7) is 0. The Morgan fingerprint density at radius 3 is 1.41 bits per heavy atom. The van der Waals surface area contributed by atoms with E-state index < -0.39 is 5.41 Å². The fourth-order valence-electron chi connectivity index (χ4n) is 11.8. The minimum Gasteiger partial charge on any atom is -0.309 e. The van der Waals surface area contributed by atoms with Crippen molar-refractivity contribution in [1.82, 2.24) is 4.57 Å². The van der Waals surface area contributed by atoms with Crippen LogP contribution in [0, 0.1) is 0 Å². The van der Waals surface area contributed by atoms with Gasteiger partial charge in [0, 0.05) is 39.2 Å². The topological polar surface area (TPSA) is 11.4 Å². The van der Waals surface area contributed by atoms with E-state index in [1.807, 2.05) is 0 Å². The SMILES string of the molecule is c1ccc(N(c2ccccc2)c2cc3c(cc2N(c2ccc4ccccc4c2)c2ccc4c(c2)c2ccccc2n4-c2ccccc2)-c2ccccc2C32c3ccccc3-c3ccccc32)cc1. The first-order valence-electron chi connectivity index (χ1n) is 23.5. The molecule has 1 aromatic heterocycles. The standard InChI is InChI=1S/C65H43N3/c1-4-22-46(23-5-1)66(47-24-6-2-7-25-47)64-43-60-55(53-30-14-18-34-59(53)65(60)57-32-16-12-28-51(57)52-29-13-17-33-58(52)65)42-63(64)67(49-37-36-44-20-10-11-21-45(44)40-49)50-38-39-62-56(41-50)54-31-15-19-35-61(54)68(62)48-26-8-3-9-27-48/h1-43H. The summed E-state index contributed by atoms with van der Waals surface area (Å²) in [4.78, 5) is 4.98. The Balaban J connectivity index is 1.13. The lowest BCUT2D eigenvalue weighted by molar-refractivity contribution is 0.793. The summed E-state index contributed by atoms with van der Waals surface area (Å²) >= 11 is 0. The molecule has 318 valence electrons. The van der Waals surface area contributed by atoms with Crippen LogP contribution in [0.25, 0.3) is 60.5 Å². The lowest BCUT2D eigenvalue weighted by Crippen LogP contribution is -2.26. The van der Waals surface area contributed by atoms with Crippen LogP contribution in [0.15, 0.2) is 261 Å². The van der Waals surface area contributed by atoms with Gasteiger partial charge in [0.05, 0.1) is 27.8 Å². The minimum atomic E-state index is -0.530. The third-order valence-electron chi connectivity index (χ3n) is 14.5. The van der Waals surface area contributed by atoms with Crippen LogP contribution in [-0.4, -0.2) is 4.57 Å². The van der Waals surface area contributed by atoms with Crippen LogP contribution in [-0.2, 0) is 5.41 Å². The second-order valence-corrected chi connectivity index (χ2v) is 18.0. The van der Waals surface area contributed by atoms with E-state index in [0.717, 1.165) is 39.8 Å². The highest BCUT2D eigenvalue weighted by molar-refractivity contribution is 6.11. The van der Waals surface area contributed by atoms with Crippen molar-refractivity contribution in [1.29, 1.82) is 0 Å². The van der Waals surface area contributed by atoms with E-state index in [9.17, 15) is 0 Å². The molecule has 12 aromatic rings. The first-order valence-corrected chi connectivity index (χ1v) is 23.5. The third kappa shape index (κ3) is 5.54. The van der Waals surface area contributed by atoms with E-state index in [2.05, 4.69) is 275 Å². The predicted octanol–water partition coefficient (Wildman–Crippen LogP) is 17.2. The second kappa shape index (κ2) is 15.1. The molecule has 14 rings (SSSR count). The number of nitrogens with zero attached hydrogens (tertiary/aromatic N) is 3. The molecule has 0 atom stereocenters. The lowest BCUT2D eigenvalue weighted by Gasteiger charge is -2.36. The average Bonchev–Trinajstić information content (AvgIpc) is 4.01. The van der Waals surface area contributed by atoms with Crippen molar-refractivity contribution in [2.24, 2.45) is 0 Å². The Hall–Kier alpha value is -8.92. The Morgan fingerprint density at radius 1 is 0.279 bits per heavy atom. The lowest BCUT2D eigenvalue weighted by atomic mass is 9.70. The molecule has 0 saturated heterocycles. The summed E-state index contributed by atoms with van der Waals surface area (Å²) in [5.41, 5.74) is 19.7. The van der Waals surface area contributed by atoms with Gasteiger partial charge < -0.3 is 14.4 Å². The van der Waals surface area contributed by atoms with Crippen LogP contribution >= 0.6 is 0 Å². The molecular weight excluding hydrogens is 823 g/mol. The minimum absolute atomic E-state index is 0.530. The normalized spacial score (nSPS) is 12.8. The molecule has 0 N–H and O–H groups in total. The summed E-state index contributed by atoms with van der Waals surface area (Å²) in [5, 5.41) is 4.80. The number of benzene rings is 11.